The lowest BCUT2D eigenvalue weighted by Gasteiger charge is -2.26. The first-order valence-electron chi connectivity index (χ1n) is 13.6. The molecule has 2 aromatic heterocycles. The molecule has 0 radical (unpaired) electrons. The Morgan fingerprint density at radius 3 is 2.67 bits per heavy atom. The minimum Gasteiger partial charge on any atom is -0.462 e. The van der Waals surface area contributed by atoms with Gasteiger partial charge >= 0.3 is 6.01 Å². The molecule has 0 amide bonds. The summed E-state index contributed by atoms with van der Waals surface area (Å²) < 4.78 is 49.4. The Labute approximate surface area is 240 Å². The lowest BCUT2D eigenvalue weighted by atomic mass is 10.0. The molecule has 0 unspecified atom stereocenters. The van der Waals surface area contributed by atoms with Crippen LogP contribution in [0.2, 0.25) is 5.02 Å². The number of likely N-dealkylation sites (tertiary alicyclic amines) is 1. The van der Waals surface area contributed by atoms with E-state index in [9.17, 15) is 8.78 Å². The summed E-state index contributed by atoms with van der Waals surface area (Å²) in [5, 5.41) is 1.07. The van der Waals surface area contributed by atoms with Gasteiger partial charge in [-0.1, -0.05) is 48.9 Å². The molecule has 0 saturated carbocycles. The summed E-state index contributed by atoms with van der Waals surface area (Å²) in [5.41, 5.74) is 7.29. The Morgan fingerprint density at radius 2 is 1.95 bits per heavy atom. The molecule has 7 nitrogen and oxygen atoms in total. The van der Waals surface area contributed by atoms with Crippen LogP contribution >= 0.6 is 22.9 Å². The zero-order valence-electron chi connectivity index (χ0n) is 22.5. The molecule has 2 N–H and O–H groups in total. The van der Waals surface area contributed by atoms with Crippen molar-refractivity contribution in [1.82, 2.24) is 19.9 Å². The largest absolute Gasteiger partial charge is 0.462 e. The van der Waals surface area contributed by atoms with Crippen LogP contribution in [-0.2, 0) is 0 Å². The average Bonchev–Trinajstić information content (AvgIpc) is 3.52. The number of halogens is 4. The van der Waals surface area contributed by atoms with Gasteiger partial charge in [0.05, 0.1) is 21.8 Å². The van der Waals surface area contributed by atoms with Crippen molar-refractivity contribution in [2.75, 3.05) is 43.4 Å². The third-order valence-corrected chi connectivity index (χ3v) is 8.26. The van der Waals surface area contributed by atoms with Crippen LogP contribution in [0.5, 0.6) is 6.01 Å². The first-order chi connectivity index (χ1) is 19.3. The van der Waals surface area contributed by atoms with E-state index in [4.69, 9.17) is 27.1 Å². The highest BCUT2D eigenvalue weighted by Gasteiger charge is 2.29. The molecule has 1 saturated heterocycles. The molecule has 1 aliphatic rings. The number of hydrogen-bond acceptors (Lipinski definition) is 8. The number of nitrogens with zero attached hydrogens (tertiary/aromatic N) is 5. The van der Waals surface area contributed by atoms with Crippen LogP contribution in [-0.4, -0.2) is 65.1 Å². The van der Waals surface area contributed by atoms with Gasteiger partial charge < -0.3 is 15.4 Å². The highest BCUT2D eigenvalue weighted by Crippen LogP contribution is 2.42. The number of para-hydroxylation sites is 1. The topological polar surface area (TPSA) is 80.4 Å². The van der Waals surface area contributed by atoms with Gasteiger partial charge in [0.2, 0.25) is 0 Å². The van der Waals surface area contributed by atoms with E-state index in [1.165, 1.54) is 11.3 Å². The number of nitrogens with two attached hydrogens (primary N) is 1. The summed E-state index contributed by atoms with van der Waals surface area (Å²) in [4.78, 5) is 17.4. The third kappa shape index (κ3) is 5.77. The molecular formula is C28H32ClF3N6OS. The van der Waals surface area contributed by atoms with Crippen molar-refractivity contribution in [3.63, 3.8) is 0 Å². The molecule has 40 heavy (non-hydrogen) atoms. The lowest BCUT2D eigenvalue weighted by molar-refractivity contribution is 0.0684. The standard InChI is InChI=1S/C28H32ClF3N6OS/c1-3-10-37(11-4-2)26-18-13-19(29)22(17-8-5-9-20-24(17)34-27(33)40-20)23(32)25(18)35-28(36-26)39-15-16-7-6-12-38(16)14-21(30)31/h5,8-9,13,16,21H,3-4,6-7,10-12,14-15H2,1-2H3,(H2,33,34)/t16-/m0/s1. The minimum atomic E-state index is -2.42. The molecule has 12 heteroatoms. The summed E-state index contributed by atoms with van der Waals surface area (Å²) in [6, 6.07) is 6.97. The monoisotopic (exact) mass is 592 g/mol. The molecule has 4 aromatic rings. The summed E-state index contributed by atoms with van der Waals surface area (Å²) in [7, 11) is 0. The van der Waals surface area contributed by atoms with Crippen LogP contribution in [0.4, 0.5) is 24.1 Å². The van der Waals surface area contributed by atoms with Gasteiger partial charge in [0.25, 0.3) is 6.43 Å². The van der Waals surface area contributed by atoms with E-state index in [1.54, 1.807) is 17.0 Å². The fourth-order valence-corrected chi connectivity index (χ4v) is 6.47. The molecule has 1 fully saturated rings. The molecule has 0 bridgehead atoms. The van der Waals surface area contributed by atoms with Gasteiger partial charge in [-0.05, 0) is 44.4 Å². The summed E-state index contributed by atoms with van der Waals surface area (Å²) in [6.45, 7) is 5.94. The van der Waals surface area contributed by atoms with Crippen molar-refractivity contribution in [3.05, 3.63) is 35.1 Å². The number of thiazole rings is 1. The summed E-state index contributed by atoms with van der Waals surface area (Å²) in [6.07, 6.45) is 0.839. The van der Waals surface area contributed by atoms with Crippen molar-refractivity contribution in [2.24, 2.45) is 0 Å². The normalized spacial score (nSPS) is 16.0. The van der Waals surface area contributed by atoms with Crippen molar-refractivity contribution in [3.8, 4) is 17.1 Å². The van der Waals surface area contributed by atoms with Crippen molar-refractivity contribution in [2.45, 2.75) is 52.0 Å². The maximum absolute atomic E-state index is 16.5. The van der Waals surface area contributed by atoms with Crippen molar-refractivity contribution < 1.29 is 17.9 Å². The Balaban J connectivity index is 1.62. The molecule has 2 aromatic carbocycles. The molecule has 1 atom stereocenters. The molecular weight excluding hydrogens is 561 g/mol. The fraction of sp³-hybridized carbons (Fsp3) is 0.464. The number of rotatable bonds is 11. The molecule has 1 aliphatic heterocycles. The number of aromatic nitrogens is 3. The fourth-order valence-electron chi connectivity index (χ4n) is 5.42. The van der Waals surface area contributed by atoms with Gasteiger partial charge in [-0.25, -0.2) is 18.2 Å². The van der Waals surface area contributed by atoms with Crippen LogP contribution in [0.15, 0.2) is 24.3 Å². The van der Waals surface area contributed by atoms with Crippen molar-refractivity contribution in [1.29, 1.82) is 0 Å². The van der Waals surface area contributed by atoms with Crippen LogP contribution < -0.4 is 15.4 Å². The van der Waals surface area contributed by atoms with E-state index in [2.05, 4.69) is 28.7 Å². The molecule has 3 heterocycles. The van der Waals surface area contributed by atoms with E-state index in [-0.39, 0.29) is 41.3 Å². The van der Waals surface area contributed by atoms with Gasteiger partial charge in [-0.15, -0.1) is 0 Å². The number of benzene rings is 2. The molecule has 0 aliphatic carbocycles. The molecule has 5 rings (SSSR count). The zero-order chi connectivity index (χ0) is 28.4. The highest BCUT2D eigenvalue weighted by atomic mass is 35.5. The van der Waals surface area contributed by atoms with Gasteiger partial charge in [0, 0.05) is 35.6 Å². The first-order valence-corrected chi connectivity index (χ1v) is 14.7. The predicted octanol–water partition coefficient (Wildman–Crippen LogP) is 7.02. The second-order valence-electron chi connectivity index (χ2n) is 9.96. The number of fused-ring (bicyclic) bond motifs is 2. The van der Waals surface area contributed by atoms with Crippen LogP contribution in [0.1, 0.15) is 39.5 Å². The van der Waals surface area contributed by atoms with Gasteiger partial charge in [0.1, 0.15) is 17.9 Å². The highest BCUT2D eigenvalue weighted by molar-refractivity contribution is 7.22. The maximum atomic E-state index is 16.5. The van der Waals surface area contributed by atoms with Gasteiger partial charge in [0.15, 0.2) is 10.9 Å². The number of ether oxygens (including phenoxy) is 1. The summed E-state index contributed by atoms with van der Waals surface area (Å²) >= 11 is 8.07. The number of hydrogen-bond donors (Lipinski definition) is 1. The van der Waals surface area contributed by atoms with E-state index in [0.29, 0.717) is 47.1 Å². The Hall–Kier alpha value is -2.89. The Bertz CT molecular complexity index is 1500. The maximum Gasteiger partial charge on any atom is 0.319 e. The Morgan fingerprint density at radius 1 is 1.18 bits per heavy atom. The van der Waals surface area contributed by atoms with Gasteiger partial charge in [-0.2, -0.15) is 9.97 Å². The number of anilines is 2. The third-order valence-electron chi connectivity index (χ3n) is 7.11. The second kappa shape index (κ2) is 12.3. The lowest BCUT2D eigenvalue weighted by Crippen LogP contribution is -2.37. The molecule has 214 valence electrons. The number of alkyl halides is 2. The smallest absolute Gasteiger partial charge is 0.319 e. The van der Waals surface area contributed by atoms with Crippen molar-refractivity contribution >= 4 is 55.0 Å². The SMILES string of the molecule is CCCN(CCC)c1nc(OC[C@@H]2CCCN2CC(F)F)nc2c(F)c(-c3cccc4sc(N)nc34)c(Cl)cc12. The summed E-state index contributed by atoms with van der Waals surface area (Å²) in [5.74, 6) is -0.0776. The van der Waals surface area contributed by atoms with Crippen LogP contribution in [0.3, 0.4) is 0 Å². The quantitative estimate of drug-likeness (QED) is 0.200. The second-order valence-corrected chi connectivity index (χ2v) is 11.4. The van der Waals surface area contributed by atoms with Crippen LogP contribution in [0.25, 0.3) is 32.2 Å². The Kier molecular flexibility index (Phi) is 8.82. The zero-order valence-corrected chi connectivity index (χ0v) is 24.0. The predicted molar refractivity (Wildman–Crippen MR) is 156 cm³/mol. The number of nitrogen functional groups attached to an aromatic ring is 1. The van der Waals surface area contributed by atoms with Gasteiger partial charge in [-0.3, -0.25) is 4.90 Å². The van der Waals surface area contributed by atoms with E-state index < -0.39 is 12.2 Å². The molecule has 0 spiro atoms. The van der Waals surface area contributed by atoms with E-state index in [1.807, 2.05) is 12.1 Å². The van der Waals surface area contributed by atoms with E-state index in [0.717, 1.165) is 30.4 Å². The van der Waals surface area contributed by atoms with Crippen LogP contribution in [0, 0.1) is 5.82 Å². The first kappa shape index (κ1) is 28.6. The van der Waals surface area contributed by atoms with E-state index >= 15 is 4.39 Å². The minimum absolute atomic E-state index is 0.00638. The average molecular weight is 593 g/mol.